The van der Waals surface area contributed by atoms with Gasteiger partial charge in [0.05, 0.1) is 12.0 Å². The van der Waals surface area contributed by atoms with E-state index in [4.69, 9.17) is 4.42 Å². The maximum atomic E-state index is 12.6. The molecule has 0 bridgehead atoms. The van der Waals surface area contributed by atoms with Gasteiger partial charge in [-0.1, -0.05) is 13.8 Å². The molecule has 7 nitrogen and oxygen atoms in total. The number of amides is 1. The van der Waals surface area contributed by atoms with Crippen LogP contribution in [0.3, 0.4) is 0 Å². The molecule has 25 heavy (non-hydrogen) atoms. The fraction of sp³-hybridized carbons (Fsp3) is 0.278. The second-order valence-corrected chi connectivity index (χ2v) is 6.27. The Morgan fingerprint density at radius 3 is 2.80 bits per heavy atom. The van der Waals surface area contributed by atoms with E-state index in [1.54, 1.807) is 46.9 Å². The number of rotatable bonds is 5. The molecule has 0 atom stereocenters. The molecule has 3 heterocycles. The number of nitrogens with zero attached hydrogens (tertiary/aromatic N) is 3. The Morgan fingerprint density at radius 2 is 2.12 bits per heavy atom. The van der Waals surface area contributed by atoms with E-state index in [0.717, 1.165) is 0 Å². The summed E-state index contributed by atoms with van der Waals surface area (Å²) in [5.74, 6) is 0.380. The number of hydrogen-bond acceptors (Lipinski definition) is 4. The molecule has 0 aliphatic rings. The first-order valence-corrected chi connectivity index (χ1v) is 8.04. The van der Waals surface area contributed by atoms with Crippen molar-refractivity contribution in [2.45, 2.75) is 20.4 Å². The van der Waals surface area contributed by atoms with Crippen LogP contribution in [0.2, 0.25) is 0 Å². The third kappa shape index (κ3) is 3.55. The van der Waals surface area contributed by atoms with Crippen molar-refractivity contribution < 1.29 is 9.21 Å². The Morgan fingerprint density at radius 1 is 1.32 bits per heavy atom. The van der Waals surface area contributed by atoms with Crippen LogP contribution < -0.4 is 10.9 Å². The van der Waals surface area contributed by atoms with Crippen LogP contribution in [0.25, 0.3) is 11.5 Å². The highest BCUT2D eigenvalue weighted by atomic mass is 16.3. The van der Waals surface area contributed by atoms with Gasteiger partial charge in [-0.3, -0.25) is 14.3 Å². The molecule has 0 aromatic carbocycles. The number of carbonyl (C=O) groups excluding carboxylic acids is 1. The summed E-state index contributed by atoms with van der Waals surface area (Å²) in [6.45, 7) is 4.60. The number of carbonyl (C=O) groups is 1. The molecular weight excluding hydrogens is 320 g/mol. The molecule has 0 aliphatic heterocycles. The van der Waals surface area contributed by atoms with Gasteiger partial charge in [0.1, 0.15) is 5.56 Å². The number of hydrogen-bond donors (Lipinski definition) is 1. The molecule has 0 saturated carbocycles. The van der Waals surface area contributed by atoms with Gasteiger partial charge >= 0.3 is 0 Å². The Balaban J connectivity index is 1.90. The predicted molar refractivity (Wildman–Crippen MR) is 94.4 cm³/mol. The van der Waals surface area contributed by atoms with E-state index in [2.05, 4.69) is 10.4 Å². The minimum Gasteiger partial charge on any atom is -0.463 e. The Labute approximate surface area is 144 Å². The average molecular weight is 340 g/mol. The molecule has 130 valence electrons. The molecule has 0 spiro atoms. The third-order valence-corrected chi connectivity index (χ3v) is 3.66. The zero-order valence-corrected chi connectivity index (χ0v) is 14.4. The van der Waals surface area contributed by atoms with Gasteiger partial charge in [-0.15, -0.1) is 0 Å². The lowest BCUT2D eigenvalue weighted by Gasteiger charge is -2.10. The maximum Gasteiger partial charge on any atom is 0.263 e. The highest BCUT2D eigenvalue weighted by molar-refractivity contribution is 6.05. The summed E-state index contributed by atoms with van der Waals surface area (Å²) in [4.78, 5) is 25.1. The first-order valence-electron chi connectivity index (χ1n) is 8.04. The van der Waals surface area contributed by atoms with Crippen molar-refractivity contribution >= 4 is 11.6 Å². The minimum atomic E-state index is -0.469. The van der Waals surface area contributed by atoms with Crippen LogP contribution in [0.4, 0.5) is 5.69 Å². The van der Waals surface area contributed by atoms with Crippen LogP contribution in [-0.2, 0) is 13.6 Å². The monoisotopic (exact) mass is 340 g/mol. The molecule has 7 heteroatoms. The normalized spacial score (nSPS) is 11.0. The van der Waals surface area contributed by atoms with Gasteiger partial charge in [0, 0.05) is 26.0 Å². The van der Waals surface area contributed by atoms with Crippen molar-refractivity contribution in [3.63, 3.8) is 0 Å². The summed E-state index contributed by atoms with van der Waals surface area (Å²) in [5.41, 5.74) is 0.787. The lowest BCUT2D eigenvalue weighted by atomic mass is 10.2. The number of furan rings is 1. The third-order valence-electron chi connectivity index (χ3n) is 3.66. The topological polar surface area (TPSA) is 82.1 Å². The first-order chi connectivity index (χ1) is 12.0. The van der Waals surface area contributed by atoms with Crippen LogP contribution in [0.1, 0.15) is 24.2 Å². The van der Waals surface area contributed by atoms with E-state index in [-0.39, 0.29) is 11.1 Å². The van der Waals surface area contributed by atoms with Gasteiger partial charge < -0.3 is 14.3 Å². The molecule has 0 aliphatic carbocycles. The standard InChI is InChI=1S/C18H20N4O3/c1-12(2)10-22-8-4-6-13(18(22)24)17(23)19-14-11-21(3)20-16(14)15-7-5-9-25-15/h4-9,11-12H,10H2,1-3H3,(H,19,23). The van der Waals surface area contributed by atoms with Crippen LogP contribution >= 0.6 is 0 Å². The summed E-state index contributed by atoms with van der Waals surface area (Å²) >= 11 is 0. The lowest BCUT2D eigenvalue weighted by molar-refractivity contribution is 0.102. The SMILES string of the molecule is CC(C)Cn1cccc(C(=O)Nc2cn(C)nc2-c2ccco2)c1=O. The average Bonchev–Trinajstić information content (AvgIpc) is 3.18. The number of aromatic nitrogens is 3. The van der Waals surface area contributed by atoms with Crippen molar-refractivity contribution in [1.29, 1.82) is 0 Å². The molecule has 3 aromatic heterocycles. The number of nitrogens with one attached hydrogen (secondary N) is 1. The highest BCUT2D eigenvalue weighted by Crippen LogP contribution is 2.26. The van der Waals surface area contributed by atoms with E-state index in [9.17, 15) is 9.59 Å². The van der Waals surface area contributed by atoms with Crippen molar-refractivity contribution in [2.75, 3.05) is 5.32 Å². The molecule has 3 rings (SSSR count). The van der Waals surface area contributed by atoms with Gasteiger partial charge in [-0.05, 0) is 30.2 Å². The van der Waals surface area contributed by atoms with E-state index in [1.807, 2.05) is 13.8 Å². The zero-order valence-electron chi connectivity index (χ0n) is 14.4. The van der Waals surface area contributed by atoms with Crippen molar-refractivity contribution in [3.8, 4) is 11.5 Å². The Bertz CT molecular complexity index is 936. The molecule has 3 aromatic rings. The molecule has 1 N–H and O–H groups in total. The molecule has 0 unspecified atom stereocenters. The smallest absolute Gasteiger partial charge is 0.263 e. The molecule has 1 amide bonds. The molecule has 0 radical (unpaired) electrons. The predicted octanol–water partition coefficient (Wildman–Crippen LogP) is 2.75. The van der Waals surface area contributed by atoms with Crippen LogP contribution in [0.15, 0.2) is 52.1 Å². The highest BCUT2D eigenvalue weighted by Gasteiger charge is 2.18. The maximum absolute atomic E-state index is 12.6. The minimum absolute atomic E-state index is 0.0948. The van der Waals surface area contributed by atoms with Crippen LogP contribution in [0, 0.1) is 5.92 Å². The summed E-state index contributed by atoms with van der Waals surface area (Å²) in [5, 5.41) is 7.07. The summed E-state index contributed by atoms with van der Waals surface area (Å²) in [6, 6.07) is 6.74. The number of pyridine rings is 1. The van der Waals surface area contributed by atoms with E-state index < -0.39 is 5.91 Å². The van der Waals surface area contributed by atoms with Crippen molar-refractivity contribution in [1.82, 2.24) is 14.3 Å². The fourth-order valence-corrected chi connectivity index (χ4v) is 2.61. The van der Waals surface area contributed by atoms with Crippen molar-refractivity contribution in [2.24, 2.45) is 13.0 Å². The molecule has 0 saturated heterocycles. The quantitative estimate of drug-likeness (QED) is 0.774. The van der Waals surface area contributed by atoms with E-state index in [1.165, 1.54) is 12.3 Å². The Kier molecular flexibility index (Phi) is 4.56. The van der Waals surface area contributed by atoms with Gasteiger partial charge in [0.25, 0.3) is 11.5 Å². The summed E-state index contributed by atoms with van der Waals surface area (Å²) in [6.07, 6.45) is 4.90. The van der Waals surface area contributed by atoms with Gasteiger partial charge in [-0.25, -0.2) is 0 Å². The number of aryl methyl sites for hydroxylation is 1. The van der Waals surface area contributed by atoms with Crippen molar-refractivity contribution in [3.05, 3.63) is 58.8 Å². The second kappa shape index (κ2) is 6.80. The Hall–Kier alpha value is -3.09. The lowest BCUT2D eigenvalue weighted by Crippen LogP contribution is -2.29. The molecule has 0 fully saturated rings. The fourth-order valence-electron chi connectivity index (χ4n) is 2.61. The van der Waals surface area contributed by atoms with Crippen LogP contribution in [-0.4, -0.2) is 20.3 Å². The first kappa shape index (κ1) is 16.8. The second-order valence-electron chi connectivity index (χ2n) is 6.27. The van der Waals surface area contributed by atoms with Gasteiger partial charge in [-0.2, -0.15) is 5.10 Å². The number of anilines is 1. The summed E-state index contributed by atoms with van der Waals surface area (Å²) in [7, 11) is 1.75. The van der Waals surface area contributed by atoms with E-state index in [0.29, 0.717) is 29.6 Å². The van der Waals surface area contributed by atoms with Crippen LogP contribution in [0.5, 0.6) is 0 Å². The molecular formula is C18H20N4O3. The van der Waals surface area contributed by atoms with E-state index >= 15 is 0 Å². The van der Waals surface area contributed by atoms with Gasteiger partial charge in [0.15, 0.2) is 11.5 Å². The summed E-state index contributed by atoms with van der Waals surface area (Å²) < 4.78 is 8.49. The largest absolute Gasteiger partial charge is 0.463 e. The van der Waals surface area contributed by atoms with Gasteiger partial charge in [0.2, 0.25) is 0 Å². The zero-order chi connectivity index (χ0) is 18.0.